The number of thioether (sulfide) groups is 1. The Morgan fingerprint density at radius 3 is 2.35 bits per heavy atom. The van der Waals surface area contributed by atoms with Gasteiger partial charge in [0.15, 0.2) is 0 Å². The molecule has 0 aliphatic rings. The lowest BCUT2D eigenvalue weighted by atomic mass is 10.0. The minimum Gasteiger partial charge on any atom is -0.497 e. The van der Waals surface area contributed by atoms with Gasteiger partial charge in [-0.2, -0.15) is 0 Å². The van der Waals surface area contributed by atoms with Crippen LogP contribution in [0, 0.1) is 0 Å². The molecule has 138 valence electrons. The molecule has 0 heterocycles. The predicted molar refractivity (Wildman–Crippen MR) is 100 cm³/mol. The van der Waals surface area contributed by atoms with Crippen LogP contribution in [0.1, 0.15) is 28.4 Å². The molecule has 26 heavy (non-hydrogen) atoms. The summed E-state index contributed by atoms with van der Waals surface area (Å²) in [6.07, 6.45) is 1.73. The van der Waals surface area contributed by atoms with Crippen molar-refractivity contribution < 1.29 is 24.2 Å². The summed E-state index contributed by atoms with van der Waals surface area (Å²) in [5.74, 6) is -0.534. The number of amides is 1. The molecule has 1 amide bonds. The van der Waals surface area contributed by atoms with Gasteiger partial charge < -0.3 is 19.9 Å². The Balaban J connectivity index is 2.29. The first-order valence-corrected chi connectivity index (χ1v) is 9.09. The molecule has 2 rings (SSSR count). The largest absolute Gasteiger partial charge is 0.497 e. The van der Waals surface area contributed by atoms with Gasteiger partial charge in [-0.05, 0) is 42.2 Å². The second-order valence-electron chi connectivity index (χ2n) is 5.46. The molecule has 0 aliphatic carbocycles. The number of carbonyl (C=O) groups excluding carboxylic acids is 1. The SMILES string of the molecule is COc1ccc(OC)c(C(=O)NC(CC(=O)O)c2ccc(SC)cc2)c1. The third-order valence-electron chi connectivity index (χ3n) is 3.85. The van der Waals surface area contributed by atoms with E-state index in [4.69, 9.17) is 9.47 Å². The van der Waals surface area contributed by atoms with E-state index >= 15 is 0 Å². The van der Waals surface area contributed by atoms with Crippen LogP contribution in [0.4, 0.5) is 0 Å². The van der Waals surface area contributed by atoms with Crippen molar-refractivity contribution in [3.8, 4) is 11.5 Å². The topological polar surface area (TPSA) is 84.9 Å². The number of ether oxygens (including phenoxy) is 2. The van der Waals surface area contributed by atoms with Crippen LogP contribution in [0.2, 0.25) is 0 Å². The molecule has 2 aromatic carbocycles. The lowest BCUT2D eigenvalue weighted by molar-refractivity contribution is -0.137. The fourth-order valence-electron chi connectivity index (χ4n) is 2.49. The number of benzene rings is 2. The predicted octanol–water partition coefficient (Wildman–Crippen LogP) is 3.37. The van der Waals surface area contributed by atoms with E-state index in [2.05, 4.69) is 5.32 Å². The van der Waals surface area contributed by atoms with Gasteiger partial charge in [0, 0.05) is 4.90 Å². The molecule has 0 aliphatic heterocycles. The van der Waals surface area contributed by atoms with Crippen molar-refractivity contribution in [1.82, 2.24) is 5.32 Å². The zero-order valence-corrected chi connectivity index (χ0v) is 15.6. The molecule has 0 saturated carbocycles. The van der Waals surface area contributed by atoms with Crippen LogP contribution in [0.3, 0.4) is 0 Å². The maximum atomic E-state index is 12.7. The van der Waals surface area contributed by atoms with Gasteiger partial charge in [-0.1, -0.05) is 12.1 Å². The molecule has 6 nitrogen and oxygen atoms in total. The summed E-state index contributed by atoms with van der Waals surface area (Å²) in [7, 11) is 2.97. The number of hydrogen-bond acceptors (Lipinski definition) is 5. The van der Waals surface area contributed by atoms with Crippen molar-refractivity contribution in [2.45, 2.75) is 17.4 Å². The number of carbonyl (C=O) groups is 2. The van der Waals surface area contributed by atoms with Crippen LogP contribution >= 0.6 is 11.8 Å². The lowest BCUT2D eigenvalue weighted by Gasteiger charge is -2.19. The van der Waals surface area contributed by atoms with Crippen molar-refractivity contribution >= 4 is 23.6 Å². The Hall–Kier alpha value is -2.67. The van der Waals surface area contributed by atoms with Gasteiger partial charge in [0.2, 0.25) is 0 Å². The van der Waals surface area contributed by atoms with Gasteiger partial charge in [-0.3, -0.25) is 9.59 Å². The second kappa shape index (κ2) is 9.15. The Morgan fingerprint density at radius 2 is 1.81 bits per heavy atom. The van der Waals surface area contributed by atoms with Gasteiger partial charge >= 0.3 is 5.97 Å². The van der Waals surface area contributed by atoms with Crippen LogP contribution < -0.4 is 14.8 Å². The van der Waals surface area contributed by atoms with Crippen LogP contribution in [0.5, 0.6) is 11.5 Å². The number of aliphatic carboxylic acids is 1. The Labute approximate surface area is 156 Å². The molecular formula is C19H21NO5S. The lowest BCUT2D eigenvalue weighted by Crippen LogP contribution is -2.30. The molecule has 0 fully saturated rings. The van der Waals surface area contributed by atoms with Crippen LogP contribution in [0.15, 0.2) is 47.4 Å². The molecule has 2 N–H and O–H groups in total. The number of hydrogen-bond donors (Lipinski definition) is 2. The maximum Gasteiger partial charge on any atom is 0.305 e. The van der Waals surface area contributed by atoms with Crippen LogP contribution in [0.25, 0.3) is 0 Å². The summed E-state index contributed by atoms with van der Waals surface area (Å²) in [5.41, 5.74) is 1.00. The Kier molecular flexibility index (Phi) is 6.91. The summed E-state index contributed by atoms with van der Waals surface area (Å²) in [5, 5.41) is 12.0. The average Bonchev–Trinajstić information content (AvgIpc) is 2.66. The van der Waals surface area contributed by atoms with E-state index in [1.54, 1.807) is 30.0 Å². The molecule has 0 spiro atoms. The molecule has 2 aromatic rings. The highest BCUT2D eigenvalue weighted by Gasteiger charge is 2.21. The Morgan fingerprint density at radius 1 is 1.12 bits per heavy atom. The highest BCUT2D eigenvalue weighted by Crippen LogP contribution is 2.26. The normalized spacial score (nSPS) is 11.5. The second-order valence-corrected chi connectivity index (χ2v) is 6.34. The van der Waals surface area contributed by atoms with E-state index in [1.165, 1.54) is 14.2 Å². The fraction of sp³-hybridized carbons (Fsp3) is 0.263. The van der Waals surface area contributed by atoms with Gasteiger partial charge in [-0.15, -0.1) is 11.8 Å². The van der Waals surface area contributed by atoms with Crippen molar-refractivity contribution in [3.05, 3.63) is 53.6 Å². The van der Waals surface area contributed by atoms with Crippen molar-refractivity contribution in [2.75, 3.05) is 20.5 Å². The zero-order valence-electron chi connectivity index (χ0n) is 14.8. The smallest absolute Gasteiger partial charge is 0.305 e. The average molecular weight is 375 g/mol. The van der Waals surface area contributed by atoms with Gasteiger partial charge in [0.05, 0.1) is 32.2 Å². The van der Waals surface area contributed by atoms with Crippen LogP contribution in [-0.4, -0.2) is 37.5 Å². The molecule has 1 atom stereocenters. The summed E-state index contributed by atoms with van der Waals surface area (Å²) in [6, 6.07) is 11.7. The highest BCUT2D eigenvalue weighted by molar-refractivity contribution is 7.98. The van der Waals surface area contributed by atoms with E-state index in [-0.39, 0.29) is 12.0 Å². The summed E-state index contributed by atoms with van der Waals surface area (Å²) >= 11 is 1.59. The summed E-state index contributed by atoms with van der Waals surface area (Å²) in [4.78, 5) is 25.0. The van der Waals surface area contributed by atoms with Crippen LogP contribution in [-0.2, 0) is 4.79 Å². The van der Waals surface area contributed by atoms with E-state index in [1.807, 2.05) is 30.5 Å². The number of rotatable bonds is 8. The molecule has 0 bridgehead atoms. The molecule has 1 unspecified atom stereocenters. The fourth-order valence-corrected chi connectivity index (χ4v) is 2.90. The van der Waals surface area contributed by atoms with Gasteiger partial charge in [0.1, 0.15) is 11.5 Å². The standard InChI is InChI=1S/C19H21NO5S/c1-24-13-6-9-17(25-2)15(10-13)19(23)20-16(11-18(21)22)12-4-7-14(26-3)8-5-12/h4-10,16H,11H2,1-3H3,(H,20,23)(H,21,22). The molecule has 7 heteroatoms. The molecule has 0 aromatic heterocycles. The summed E-state index contributed by atoms with van der Waals surface area (Å²) in [6.45, 7) is 0. The first-order valence-electron chi connectivity index (χ1n) is 7.87. The van der Waals surface area contributed by atoms with Crippen molar-refractivity contribution in [3.63, 3.8) is 0 Å². The monoisotopic (exact) mass is 375 g/mol. The van der Waals surface area contributed by atoms with E-state index < -0.39 is 17.9 Å². The minimum absolute atomic E-state index is 0.226. The van der Waals surface area contributed by atoms with Crippen molar-refractivity contribution in [2.24, 2.45) is 0 Å². The first-order chi connectivity index (χ1) is 12.5. The highest BCUT2D eigenvalue weighted by atomic mass is 32.2. The molecule has 0 saturated heterocycles. The van der Waals surface area contributed by atoms with Gasteiger partial charge in [0.25, 0.3) is 5.91 Å². The first kappa shape index (κ1) is 19.7. The maximum absolute atomic E-state index is 12.7. The van der Waals surface area contributed by atoms with E-state index in [0.29, 0.717) is 11.5 Å². The third kappa shape index (κ3) is 4.92. The number of nitrogens with one attached hydrogen (secondary N) is 1. The quantitative estimate of drug-likeness (QED) is 0.688. The number of methoxy groups -OCH3 is 2. The molecular weight excluding hydrogens is 354 g/mol. The van der Waals surface area contributed by atoms with E-state index in [0.717, 1.165) is 10.5 Å². The number of carboxylic acid groups (broad SMARTS) is 1. The van der Waals surface area contributed by atoms with Gasteiger partial charge in [-0.25, -0.2) is 0 Å². The number of carboxylic acids is 1. The summed E-state index contributed by atoms with van der Waals surface area (Å²) < 4.78 is 10.4. The molecule has 0 radical (unpaired) electrons. The Bertz CT molecular complexity index is 776. The zero-order chi connectivity index (χ0) is 19.1. The third-order valence-corrected chi connectivity index (χ3v) is 4.60. The van der Waals surface area contributed by atoms with Crippen molar-refractivity contribution in [1.29, 1.82) is 0 Å². The van der Waals surface area contributed by atoms with E-state index in [9.17, 15) is 14.7 Å². The minimum atomic E-state index is -0.998.